The highest BCUT2D eigenvalue weighted by Gasteiger charge is 2.21. The van der Waals surface area contributed by atoms with Gasteiger partial charge in [-0.2, -0.15) is 0 Å². The number of imidazole rings is 1. The highest BCUT2D eigenvalue weighted by atomic mass is 16.1. The summed E-state index contributed by atoms with van der Waals surface area (Å²) in [5.41, 5.74) is 7.08. The largest absolute Gasteiger partial charge is 0.368 e. The fourth-order valence-electron chi connectivity index (χ4n) is 5.67. The minimum Gasteiger partial charge on any atom is -0.368 e. The van der Waals surface area contributed by atoms with Crippen LogP contribution in [0.15, 0.2) is 91.4 Å². The van der Waals surface area contributed by atoms with Gasteiger partial charge in [-0.25, -0.2) is 9.97 Å². The van der Waals surface area contributed by atoms with E-state index in [1.54, 1.807) is 6.20 Å². The number of carbonyl (C=O) groups excluding carboxylic acids is 1. The Labute approximate surface area is 253 Å². The maximum atomic E-state index is 13.0. The molecule has 1 aliphatic heterocycles. The molecule has 220 valence electrons. The number of hydrogen-bond donors (Lipinski definition) is 3. The number of amides is 1. The lowest BCUT2D eigenvalue weighted by Gasteiger charge is -2.37. The molecule has 0 saturated carbocycles. The van der Waals surface area contributed by atoms with Gasteiger partial charge in [-0.15, -0.1) is 0 Å². The molecular formula is C35H39N7O. The normalized spacial score (nSPS) is 17.2. The predicted molar refractivity (Wildman–Crippen MR) is 176 cm³/mol. The number of fused-ring (bicyclic) bond motifs is 1. The molecule has 8 heteroatoms. The van der Waals surface area contributed by atoms with Crippen LogP contribution in [0, 0.1) is 0 Å². The molecule has 1 fully saturated rings. The maximum absolute atomic E-state index is 13.0. The lowest BCUT2D eigenvalue weighted by atomic mass is 9.87. The SMILES string of the molecule is C[C@@H]1CN(c2ccc(Nc3nc(-c4cccc(NC(=O)c5ccc(C(C)(C)C)cc5)c4)cn4ccnc34)cc2)C[C@H](C)N1. The van der Waals surface area contributed by atoms with Crippen molar-refractivity contribution in [3.63, 3.8) is 0 Å². The van der Waals surface area contributed by atoms with Crippen molar-refractivity contribution in [3.8, 4) is 11.3 Å². The number of aromatic nitrogens is 3. The number of nitrogens with one attached hydrogen (secondary N) is 3. The van der Waals surface area contributed by atoms with Gasteiger partial charge in [0.2, 0.25) is 0 Å². The predicted octanol–water partition coefficient (Wildman–Crippen LogP) is 6.88. The molecule has 3 heterocycles. The number of carbonyl (C=O) groups is 1. The summed E-state index contributed by atoms with van der Waals surface area (Å²) in [4.78, 5) is 24.9. The molecule has 43 heavy (non-hydrogen) atoms. The molecule has 0 aliphatic carbocycles. The quantitative estimate of drug-likeness (QED) is 0.205. The molecule has 3 aromatic carbocycles. The Balaban J connectivity index is 1.21. The highest BCUT2D eigenvalue weighted by molar-refractivity contribution is 6.04. The van der Waals surface area contributed by atoms with E-state index in [1.165, 1.54) is 11.3 Å². The summed E-state index contributed by atoms with van der Waals surface area (Å²) in [5.74, 6) is 0.513. The standard InChI is InChI=1S/C35H39N7O/c1-23-20-42(21-24(2)37-23)30-15-13-28(14-16-30)38-32-33-36-17-18-41(33)22-31(40-32)26-7-6-8-29(19-26)39-34(43)25-9-11-27(12-10-25)35(3,4)5/h6-19,22-24,37H,20-21H2,1-5H3,(H,38,40)(H,39,43)/t23-,24+. The molecule has 0 bridgehead atoms. The first-order chi connectivity index (χ1) is 20.6. The summed E-state index contributed by atoms with van der Waals surface area (Å²) in [5, 5.41) is 10.1. The van der Waals surface area contributed by atoms with E-state index in [2.05, 4.69) is 84.7 Å². The maximum Gasteiger partial charge on any atom is 0.255 e. The van der Waals surface area contributed by atoms with E-state index in [-0.39, 0.29) is 11.3 Å². The van der Waals surface area contributed by atoms with E-state index < -0.39 is 0 Å². The number of rotatable bonds is 6. The van der Waals surface area contributed by atoms with Gasteiger partial charge >= 0.3 is 0 Å². The van der Waals surface area contributed by atoms with Crippen molar-refractivity contribution >= 4 is 34.4 Å². The minimum absolute atomic E-state index is 0.0342. The monoisotopic (exact) mass is 573 g/mol. The molecule has 1 amide bonds. The molecule has 3 N–H and O–H groups in total. The fraction of sp³-hybridized carbons (Fsp3) is 0.286. The van der Waals surface area contributed by atoms with E-state index in [1.807, 2.05) is 65.3 Å². The first-order valence-electron chi connectivity index (χ1n) is 14.9. The van der Waals surface area contributed by atoms with Crippen LogP contribution in [0.1, 0.15) is 50.5 Å². The summed E-state index contributed by atoms with van der Waals surface area (Å²) in [6.45, 7) is 12.9. The minimum atomic E-state index is -0.147. The van der Waals surface area contributed by atoms with Gasteiger partial charge in [-0.05, 0) is 73.4 Å². The topological polar surface area (TPSA) is 86.6 Å². The highest BCUT2D eigenvalue weighted by Crippen LogP contribution is 2.28. The average molecular weight is 574 g/mol. The van der Waals surface area contributed by atoms with Crippen LogP contribution >= 0.6 is 0 Å². The van der Waals surface area contributed by atoms with Crippen molar-refractivity contribution in [2.45, 2.75) is 52.1 Å². The Morgan fingerprint density at radius 3 is 2.35 bits per heavy atom. The molecule has 6 rings (SSSR count). The first-order valence-corrected chi connectivity index (χ1v) is 14.9. The first kappa shape index (κ1) is 28.4. The van der Waals surface area contributed by atoms with E-state index in [0.717, 1.165) is 35.7 Å². The van der Waals surface area contributed by atoms with Gasteiger partial charge in [0.25, 0.3) is 5.91 Å². The van der Waals surface area contributed by atoms with Crippen LogP contribution in [-0.2, 0) is 5.41 Å². The third-order valence-corrected chi connectivity index (χ3v) is 7.86. The van der Waals surface area contributed by atoms with Crippen LogP contribution in [-0.4, -0.2) is 45.4 Å². The summed E-state index contributed by atoms with van der Waals surface area (Å²) < 4.78 is 1.96. The second-order valence-electron chi connectivity index (χ2n) is 12.5. The van der Waals surface area contributed by atoms with E-state index in [0.29, 0.717) is 29.2 Å². The van der Waals surface area contributed by atoms with Crippen molar-refractivity contribution in [3.05, 3.63) is 103 Å². The van der Waals surface area contributed by atoms with Crippen LogP contribution in [0.25, 0.3) is 16.9 Å². The van der Waals surface area contributed by atoms with E-state index in [9.17, 15) is 4.79 Å². The summed E-state index contributed by atoms with van der Waals surface area (Å²) >= 11 is 0. The second-order valence-corrected chi connectivity index (χ2v) is 12.5. The summed E-state index contributed by atoms with van der Waals surface area (Å²) in [7, 11) is 0. The van der Waals surface area contributed by atoms with Gasteiger partial charge < -0.3 is 25.3 Å². The zero-order valence-electron chi connectivity index (χ0n) is 25.4. The van der Waals surface area contributed by atoms with Crippen molar-refractivity contribution in [1.29, 1.82) is 0 Å². The number of piperazine rings is 1. The number of nitrogens with zero attached hydrogens (tertiary/aromatic N) is 4. The van der Waals surface area contributed by atoms with Gasteiger partial charge in [0.05, 0.1) is 5.69 Å². The molecule has 1 aliphatic rings. The van der Waals surface area contributed by atoms with Gasteiger partial charge in [-0.3, -0.25) is 4.79 Å². The Kier molecular flexibility index (Phi) is 7.62. The Morgan fingerprint density at radius 2 is 1.65 bits per heavy atom. The zero-order chi connectivity index (χ0) is 30.1. The number of benzene rings is 3. The van der Waals surface area contributed by atoms with Gasteiger partial charge in [0, 0.05) is 72.0 Å². The molecule has 5 aromatic rings. The molecule has 0 spiro atoms. The number of anilines is 4. The zero-order valence-corrected chi connectivity index (χ0v) is 25.4. The van der Waals surface area contributed by atoms with Crippen LogP contribution in [0.3, 0.4) is 0 Å². The smallest absolute Gasteiger partial charge is 0.255 e. The van der Waals surface area contributed by atoms with Gasteiger partial charge in [0.15, 0.2) is 11.5 Å². The fourth-order valence-corrected chi connectivity index (χ4v) is 5.67. The Bertz CT molecular complexity index is 1730. The third-order valence-electron chi connectivity index (χ3n) is 7.86. The molecule has 2 atom stereocenters. The van der Waals surface area contributed by atoms with Crippen LogP contribution in [0.5, 0.6) is 0 Å². The van der Waals surface area contributed by atoms with Crippen LogP contribution in [0.4, 0.5) is 22.9 Å². The lowest BCUT2D eigenvalue weighted by Crippen LogP contribution is -2.54. The molecule has 8 nitrogen and oxygen atoms in total. The van der Waals surface area contributed by atoms with Gasteiger partial charge in [0.1, 0.15) is 0 Å². The molecular weight excluding hydrogens is 534 g/mol. The lowest BCUT2D eigenvalue weighted by molar-refractivity contribution is 0.102. The average Bonchev–Trinajstić information content (AvgIpc) is 3.46. The second kappa shape index (κ2) is 11.5. The Morgan fingerprint density at radius 1 is 0.930 bits per heavy atom. The van der Waals surface area contributed by atoms with Crippen LogP contribution < -0.4 is 20.9 Å². The van der Waals surface area contributed by atoms with E-state index >= 15 is 0 Å². The Hall–Kier alpha value is -4.69. The van der Waals surface area contributed by atoms with E-state index in [4.69, 9.17) is 4.98 Å². The van der Waals surface area contributed by atoms with Crippen molar-refractivity contribution in [2.75, 3.05) is 28.6 Å². The third kappa shape index (κ3) is 6.39. The molecule has 1 saturated heterocycles. The van der Waals surface area contributed by atoms with Crippen LogP contribution in [0.2, 0.25) is 0 Å². The molecule has 0 unspecified atom stereocenters. The van der Waals surface area contributed by atoms with Gasteiger partial charge in [-0.1, -0.05) is 45.0 Å². The number of hydrogen-bond acceptors (Lipinski definition) is 6. The molecule has 0 radical (unpaired) electrons. The summed E-state index contributed by atoms with van der Waals surface area (Å²) in [6, 6.07) is 24.9. The van der Waals surface area contributed by atoms with Crippen molar-refractivity contribution in [1.82, 2.24) is 19.7 Å². The molecule has 2 aromatic heterocycles. The van der Waals surface area contributed by atoms with Crippen molar-refractivity contribution in [2.24, 2.45) is 0 Å². The van der Waals surface area contributed by atoms with Crippen molar-refractivity contribution < 1.29 is 4.79 Å². The summed E-state index contributed by atoms with van der Waals surface area (Å²) in [6.07, 6.45) is 5.63.